The molecule has 1 amide bonds. The molecule has 2 aromatic carbocycles. The lowest BCUT2D eigenvalue weighted by Gasteiger charge is -2.12. The van der Waals surface area contributed by atoms with Crippen LogP contribution < -0.4 is 10.1 Å². The number of benzene rings is 2. The van der Waals surface area contributed by atoms with Crippen molar-refractivity contribution in [1.29, 1.82) is 0 Å². The Bertz CT molecular complexity index is 781. The number of nitrogens with one attached hydrogen (secondary N) is 1. The van der Waals surface area contributed by atoms with Gasteiger partial charge in [0.1, 0.15) is 5.75 Å². The molecule has 0 aromatic heterocycles. The summed E-state index contributed by atoms with van der Waals surface area (Å²) < 4.78 is 10.6. The second-order valence-corrected chi connectivity index (χ2v) is 5.74. The van der Waals surface area contributed by atoms with Gasteiger partial charge in [-0.2, -0.15) is 0 Å². The summed E-state index contributed by atoms with van der Waals surface area (Å²) in [6.07, 6.45) is 1.99. The summed E-state index contributed by atoms with van der Waals surface area (Å²) in [6, 6.07) is 14.8. The van der Waals surface area contributed by atoms with Crippen molar-refractivity contribution in [2.45, 2.75) is 26.9 Å². The fourth-order valence-corrected chi connectivity index (χ4v) is 2.21. The zero-order chi connectivity index (χ0) is 18.9. The minimum Gasteiger partial charge on any atom is -0.493 e. The maximum absolute atomic E-state index is 12.1. The number of hydrogen-bond donors (Lipinski definition) is 1. The highest BCUT2D eigenvalue weighted by atomic mass is 16.5. The summed E-state index contributed by atoms with van der Waals surface area (Å²) in [5.74, 6) is -0.294. The fourth-order valence-electron chi connectivity index (χ4n) is 2.21. The van der Waals surface area contributed by atoms with E-state index in [1.54, 1.807) is 18.2 Å². The topological polar surface area (TPSA) is 64.6 Å². The first-order chi connectivity index (χ1) is 12.5. The third-order valence-corrected chi connectivity index (χ3v) is 3.60. The molecule has 1 N–H and O–H groups in total. The van der Waals surface area contributed by atoms with Crippen LogP contribution in [0.25, 0.3) is 6.08 Å². The van der Waals surface area contributed by atoms with Gasteiger partial charge < -0.3 is 14.8 Å². The normalized spacial score (nSPS) is 11.8. The lowest BCUT2D eigenvalue weighted by Crippen LogP contribution is -2.29. The van der Waals surface area contributed by atoms with E-state index in [-0.39, 0.29) is 5.91 Å². The molecule has 0 saturated heterocycles. The van der Waals surface area contributed by atoms with Gasteiger partial charge in [0.05, 0.1) is 6.61 Å². The predicted molar refractivity (Wildman–Crippen MR) is 102 cm³/mol. The third kappa shape index (κ3) is 5.77. The first-order valence-electron chi connectivity index (χ1n) is 8.47. The van der Waals surface area contributed by atoms with E-state index in [2.05, 4.69) is 5.32 Å². The summed E-state index contributed by atoms with van der Waals surface area (Å²) in [6.45, 7) is 5.92. The number of carbonyl (C=O) groups excluding carboxylic acids is 2. The molecule has 0 fully saturated rings. The number of amides is 1. The second-order valence-electron chi connectivity index (χ2n) is 5.74. The quantitative estimate of drug-likeness (QED) is 0.604. The van der Waals surface area contributed by atoms with E-state index in [0.717, 1.165) is 11.1 Å². The Morgan fingerprint density at radius 2 is 1.81 bits per heavy atom. The SMILES string of the molecule is CCOc1ccccc1/C=C/C(=O)O[C@@H](C)C(=O)Nc1ccc(C)cc1. The molecule has 0 aliphatic carbocycles. The number of hydrogen-bond acceptors (Lipinski definition) is 4. The number of para-hydroxylation sites is 1. The molecule has 0 radical (unpaired) electrons. The number of esters is 1. The molecule has 1 atom stereocenters. The van der Waals surface area contributed by atoms with E-state index in [0.29, 0.717) is 18.0 Å². The summed E-state index contributed by atoms with van der Waals surface area (Å²) in [5, 5.41) is 2.71. The molecular weight excluding hydrogens is 330 g/mol. The molecule has 2 rings (SSSR count). The van der Waals surface area contributed by atoms with E-state index in [1.807, 2.05) is 50.2 Å². The Labute approximate surface area is 153 Å². The van der Waals surface area contributed by atoms with Crippen LogP contribution >= 0.6 is 0 Å². The van der Waals surface area contributed by atoms with Gasteiger partial charge in [-0.1, -0.05) is 35.9 Å². The van der Waals surface area contributed by atoms with Crippen LogP contribution in [0.2, 0.25) is 0 Å². The molecule has 0 bridgehead atoms. The van der Waals surface area contributed by atoms with Crippen molar-refractivity contribution in [2.75, 3.05) is 11.9 Å². The van der Waals surface area contributed by atoms with Crippen molar-refractivity contribution in [2.24, 2.45) is 0 Å². The van der Waals surface area contributed by atoms with Crippen molar-refractivity contribution in [3.8, 4) is 5.75 Å². The van der Waals surface area contributed by atoms with Crippen LogP contribution in [0.1, 0.15) is 25.0 Å². The molecule has 0 aliphatic heterocycles. The number of ether oxygens (including phenoxy) is 2. The number of aryl methyl sites for hydroxylation is 1. The van der Waals surface area contributed by atoms with E-state index in [1.165, 1.54) is 13.0 Å². The fraction of sp³-hybridized carbons (Fsp3) is 0.238. The van der Waals surface area contributed by atoms with Gasteiger partial charge in [0.15, 0.2) is 6.10 Å². The van der Waals surface area contributed by atoms with Gasteiger partial charge in [-0.3, -0.25) is 4.79 Å². The van der Waals surface area contributed by atoms with Gasteiger partial charge in [-0.25, -0.2) is 4.79 Å². The van der Waals surface area contributed by atoms with Crippen LogP contribution in [-0.4, -0.2) is 24.6 Å². The van der Waals surface area contributed by atoms with Crippen LogP contribution in [0.15, 0.2) is 54.6 Å². The van der Waals surface area contributed by atoms with Gasteiger partial charge in [-0.15, -0.1) is 0 Å². The molecule has 0 spiro atoms. The standard InChI is InChI=1S/C21H23NO4/c1-4-25-19-8-6-5-7-17(19)11-14-20(23)26-16(3)21(24)22-18-12-9-15(2)10-13-18/h5-14,16H,4H2,1-3H3,(H,22,24)/b14-11+/t16-/m0/s1. The van der Waals surface area contributed by atoms with Crippen LogP contribution in [0.3, 0.4) is 0 Å². The minimum absolute atomic E-state index is 0.384. The van der Waals surface area contributed by atoms with E-state index in [9.17, 15) is 9.59 Å². The first kappa shape index (κ1) is 19.2. The molecule has 136 valence electrons. The predicted octanol–water partition coefficient (Wildman–Crippen LogP) is 3.98. The smallest absolute Gasteiger partial charge is 0.331 e. The lowest BCUT2D eigenvalue weighted by atomic mass is 10.2. The monoisotopic (exact) mass is 353 g/mol. The van der Waals surface area contributed by atoms with Crippen LogP contribution in [0.4, 0.5) is 5.69 Å². The molecule has 0 saturated carbocycles. The average molecular weight is 353 g/mol. The molecule has 5 heteroatoms. The average Bonchev–Trinajstić information content (AvgIpc) is 2.63. The zero-order valence-corrected chi connectivity index (χ0v) is 15.2. The van der Waals surface area contributed by atoms with Crippen molar-refractivity contribution in [3.63, 3.8) is 0 Å². The van der Waals surface area contributed by atoms with E-state index in [4.69, 9.17) is 9.47 Å². The molecule has 0 aliphatic rings. The van der Waals surface area contributed by atoms with Crippen LogP contribution in [0, 0.1) is 6.92 Å². The van der Waals surface area contributed by atoms with Gasteiger partial charge in [0.2, 0.25) is 0 Å². The van der Waals surface area contributed by atoms with E-state index < -0.39 is 12.1 Å². The van der Waals surface area contributed by atoms with Crippen molar-refractivity contribution in [3.05, 3.63) is 65.7 Å². The molecule has 0 unspecified atom stereocenters. The summed E-state index contributed by atoms with van der Waals surface area (Å²) in [4.78, 5) is 24.1. The van der Waals surface area contributed by atoms with Crippen LogP contribution in [0.5, 0.6) is 5.75 Å². The van der Waals surface area contributed by atoms with Crippen molar-refractivity contribution < 1.29 is 19.1 Å². The Morgan fingerprint density at radius 3 is 2.50 bits per heavy atom. The maximum atomic E-state index is 12.1. The Balaban J connectivity index is 1.92. The molecule has 5 nitrogen and oxygen atoms in total. The van der Waals surface area contributed by atoms with Gasteiger partial charge >= 0.3 is 5.97 Å². The molecular formula is C21H23NO4. The Morgan fingerprint density at radius 1 is 1.12 bits per heavy atom. The minimum atomic E-state index is -0.907. The Kier molecular flexibility index (Phi) is 6.97. The van der Waals surface area contributed by atoms with Gasteiger partial charge in [0, 0.05) is 17.3 Å². The highest BCUT2D eigenvalue weighted by Gasteiger charge is 2.16. The van der Waals surface area contributed by atoms with Gasteiger partial charge in [0.25, 0.3) is 5.91 Å². The molecule has 26 heavy (non-hydrogen) atoms. The second kappa shape index (κ2) is 9.42. The highest BCUT2D eigenvalue weighted by molar-refractivity contribution is 5.96. The molecule has 2 aromatic rings. The number of carbonyl (C=O) groups is 2. The highest BCUT2D eigenvalue weighted by Crippen LogP contribution is 2.19. The molecule has 0 heterocycles. The lowest BCUT2D eigenvalue weighted by molar-refractivity contribution is -0.148. The van der Waals surface area contributed by atoms with Gasteiger partial charge in [-0.05, 0) is 45.0 Å². The van der Waals surface area contributed by atoms with Crippen LogP contribution in [-0.2, 0) is 14.3 Å². The number of rotatable bonds is 7. The Hall–Kier alpha value is -3.08. The first-order valence-corrected chi connectivity index (χ1v) is 8.47. The maximum Gasteiger partial charge on any atom is 0.331 e. The summed E-state index contributed by atoms with van der Waals surface area (Å²) in [7, 11) is 0. The number of anilines is 1. The summed E-state index contributed by atoms with van der Waals surface area (Å²) in [5.41, 5.74) is 2.52. The van der Waals surface area contributed by atoms with E-state index >= 15 is 0 Å². The van der Waals surface area contributed by atoms with Crippen molar-refractivity contribution in [1.82, 2.24) is 0 Å². The largest absolute Gasteiger partial charge is 0.493 e. The van der Waals surface area contributed by atoms with Crippen molar-refractivity contribution >= 4 is 23.6 Å². The third-order valence-electron chi connectivity index (χ3n) is 3.60. The zero-order valence-electron chi connectivity index (χ0n) is 15.2. The summed E-state index contributed by atoms with van der Waals surface area (Å²) >= 11 is 0.